The largest absolute Gasteiger partial charge is 0.372 e. The molecule has 0 spiro atoms. The Morgan fingerprint density at radius 3 is 2.74 bits per heavy atom. The van der Waals surface area contributed by atoms with E-state index in [1.54, 1.807) is 0 Å². The summed E-state index contributed by atoms with van der Waals surface area (Å²) in [6, 6.07) is 6.10. The van der Waals surface area contributed by atoms with Gasteiger partial charge in [-0.15, -0.1) is 0 Å². The standard InChI is InChI=1S/C20H27N5O2/c1-13-5-4-6-16(21-13)11-24-8-7-17-18(12-24)22-20(23-19(17)26)25-9-14(2)27-15(3)10-25/h4-6,14-15H,7-12H2,1-3H3,(H,22,23,26)/t14-,15-/m0/s1. The third kappa shape index (κ3) is 4.04. The van der Waals surface area contributed by atoms with Crippen molar-refractivity contribution < 1.29 is 4.74 Å². The molecule has 2 aliphatic rings. The van der Waals surface area contributed by atoms with Gasteiger partial charge in [-0.25, -0.2) is 4.98 Å². The lowest BCUT2D eigenvalue weighted by molar-refractivity contribution is -0.00576. The van der Waals surface area contributed by atoms with Gasteiger partial charge in [-0.3, -0.25) is 19.7 Å². The molecule has 144 valence electrons. The number of hydrogen-bond acceptors (Lipinski definition) is 6. The lowest BCUT2D eigenvalue weighted by Gasteiger charge is -2.36. The van der Waals surface area contributed by atoms with Crippen LogP contribution >= 0.6 is 0 Å². The summed E-state index contributed by atoms with van der Waals surface area (Å²) in [5.41, 5.74) is 3.79. The fourth-order valence-corrected chi connectivity index (χ4v) is 4.03. The van der Waals surface area contributed by atoms with E-state index >= 15 is 0 Å². The molecular formula is C20H27N5O2. The van der Waals surface area contributed by atoms with Crippen molar-refractivity contribution in [2.24, 2.45) is 0 Å². The summed E-state index contributed by atoms with van der Waals surface area (Å²) in [6.07, 6.45) is 0.970. The van der Waals surface area contributed by atoms with Crippen LogP contribution in [0.5, 0.6) is 0 Å². The highest BCUT2D eigenvalue weighted by Crippen LogP contribution is 2.20. The molecule has 2 aliphatic heterocycles. The smallest absolute Gasteiger partial charge is 0.255 e. The van der Waals surface area contributed by atoms with Crippen molar-refractivity contribution in [3.63, 3.8) is 0 Å². The van der Waals surface area contributed by atoms with Crippen LogP contribution in [-0.4, -0.2) is 51.7 Å². The van der Waals surface area contributed by atoms with E-state index < -0.39 is 0 Å². The van der Waals surface area contributed by atoms with E-state index in [1.165, 1.54) is 0 Å². The van der Waals surface area contributed by atoms with Crippen molar-refractivity contribution in [1.82, 2.24) is 19.9 Å². The molecule has 0 aromatic carbocycles. The Morgan fingerprint density at radius 2 is 2.00 bits per heavy atom. The Bertz CT molecular complexity index is 871. The second-order valence-corrected chi connectivity index (χ2v) is 7.71. The van der Waals surface area contributed by atoms with E-state index in [2.05, 4.69) is 39.7 Å². The summed E-state index contributed by atoms with van der Waals surface area (Å²) in [7, 11) is 0. The number of nitrogens with zero attached hydrogens (tertiary/aromatic N) is 4. The van der Waals surface area contributed by atoms with Crippen LogP contribution in [0.4, 0.5) is 5.95 Å². The number of anilines is 1. The van der Waals surface area contributed by atoms with Crippen molar-refractivity contribution >= 4 is 5.95 Å². The van der Waals surface area contributed by atoms with Crippen LogP contribution in [-0.2, 0) is 24.2 Å². The molecule has 0 aliphatic carbocycles. The van der Waals surface area contributed by atoms with Crippen molar-refractivity contribution in [2.75, 3.05) is 24.5 Å². The maximum atomic E-state index is 12.6. The lowest BCUT2D eigenvalue weighted by atomic mass is 10.1. The van der Waals surface area contributed by atoms with E-state index in [0.29, 0.717) is 12.5 Å². The first kappa shape index (κ1) is 18.1. The van der Waals surface area contributed by atoms with Crippen LogP contribution in [0.3, 0.4) is 0 Å². The highest BCUT2D eigenvalue weighted by Gasteiger charge is 2.27. The number of nitrogens with one attached hydrogen (secondary N) is 1. The van der Waals surface area contributed by atoms with Gasteiger partial charge in [-0.05, 0) is 39.3 Å². The Kier molecular flexibility index (Phi) is 4.97. The quantitative estimate of drug-likeness (QED) is 0.887. The minimum atomic E-state index is -0.00451. The van der Waals surface area contributed by atoms with Crippen molar-refractivity contribution in [3.8, 4) is 0 Å². The first-order valence-electron chi connectivity index (χ1n) is 9.65. The first-order chi connectivity index (χ1) is 13.0. The van der Waals surface area contributed by atoms with Crippen LogP contribution in [0.2, 0.25) is 0 Å². The second-order valence-electron chi connectivity index (χ2n) is 7.71. The average molecular weight is 369 g/mol. The van der Waals surface area contributed by atoms with Gasteiger partial charge >= 0.3 is 0 Å². The number of ether oxygens (including phenoxy) is 1. The molecule has 1 fully saturated rings. The third-order valence-corrected chi connectivity index (χ3v) is 5.19. The summed E-state index contributed by atoms with van der Waals surface area (Å²) in [5, 5.41) is 0. The maximum absolute atomic E-state index is 12.6. The number of aromatic nitrogens is 3. The molecule has 7 nitrogen and oxygen atoms in total. The molecule has 0 bridgehead atoms. The predicted molar refractivity (Wildman–Crippen MR) is 104 cm³/mol. The summed E-state index contributed by atoms with van der Waals surface area (Å²) in [4.78, 5) is 29.5. The number of pyridine rings is 1. The zero-order valence-electron chi connectivity index (χ0n) is 16.2. The van der Waals surface area contributed by atoms with Crippen LogP contribution in [0.1, 0.15) is 36.5 Å². The lowest BCUT2D eigenvalue weighted by Crippen LogP contribution is -2.47. The minimum absolute atomic E-state index is 0.00451. The highest BCUT2D eigenvalue weighted by molar-refractivity contribution is 5.35. The van der Waals surface area contributed by atoms with E-state index in [1.807, 2.05) is 19.1 Å². The van der Waals surface area contributed by atoms with E-state index in [0.717, 1.165) is 55.2 Å². The molecular weight excluding hydrogens is 342 g/mol. The Morgan fingerprint density at radius 1 is 1.22 bits per heavy atom. The molecule has 2 aromatic rings. The van der Waals surface area contributed by atoms with Gasteiger partial charge in [0.1, 0.15) is 0 Å². The molecule has 27 heavy (non-hydrogen) atoms. The molecule has 4 rings (SSSR count). The van der Waals surface area contributed by atoms with Gasteiger partial charge in [0, 0.05) is 44.0 Å². The molecule has 0 saturated carbocycles. The number of rotatable bonds is 3. The SMILES string of the molecule is Cc1cccc(CN2CCc3c(nc(N4C[C@H](C)O[C@@H](C)C4)[nH]c3=O)C2)n1. The summed E-state index contributed by atoms with van der Waals surface area (Å²) < 4.78 is 5.80. The summed E-state index contributed by atoms with van der Waals surface area (Å²) in [5.74, 6) is 0.663. The molecule has 2 atom stereocenters. The van der Waals surface area contributed by atoms with Crippen LogP contribution in [0, 0.1) is 6.92 Å². The van der Waals surface area contributed by atoms with Gasteiger partial charge in [0.2, 0.25) is 5.95 Å². The Labute approximate surface area is 159 Å². The van der Waals surface area contributed by atoms with Gasteiger partial charge in [0.15, 0.2) is 0 Å². The zero-order valence-corrected chi connectivity index (χ0v) is 16.2. The molecule has 4 heterocycles. The molecule has 0 unspecified atom stereocenters. The normalized spacial score (nSPS) is 23.3. The average Bonchev–Trinajstić information content (AvgIpc) is 2.60. The van der Waals surface area contributed by atoms with E-state index in [4.69, 9.17) is 9.72 Å². The molecule has 0 amide bonds. The summed E-state index contributed by atoms with van der Waals surface area (Å²) >= 11 is 0. The molecule has 0 radical (unpaired) electrons. The monoisotopic (exact) mass is 369 g/mol. The van der Waals surface area contributed by atoms with Crippen molar-refractivity contribution in [2.45, 2.75) is 52.5 Å². The van der Waals surface area contributed by atoms with E-state index in [-0.39, 0.29) is 17.8 Å². The van der Waals surface area contributed by atoms with Gasteiger partial charge < -0.3 is 9.64 Å². The Balaban J connectivity index is 1.55. The van der Waals surface area contributed by atoms with Crippen LogP contribution in [0.15, 0.2) is 23.0 Å². The maximum Gasteiger partial charge on any atom is 0.255 e. The molecule has 1 N–H and O–H groups in total. The second kappa shape index (κ2) is 7.40. The van der Waals surface area contributed by atoms with Crippen molar-refractivity contribution in [3.05, 3.63) is 51.2 Å². The van der Waals surface area contributed by atoms with Gasteiger partial charge in [-0.2, -0.15) is 0 Å². The third-order valence-electron chi connectivity index (χ3n) is 5.19. The predicted octanol–water partition coefficient (Wildman–Crippen LogP) is 1.65. The molecule has 2 aromatic heterocycles. The number of hydrogen-bond donors (Lipinski definition) is 1. The number of aryl methyl sites for hydroxylation is 1. The Hall–Kier alpha value is -2.25. The van der Waals surface area contributed by atoms with Crippen molar-refractivity contribution in [1.29, 1.82) is 0 Å². The fraction of sp³-hybridized carbons (Fsp3) is 0.550. The zero-order chi connectivity index (χ0) is 19.0. The fourth-order valence-electron chi connectivity index (χ4n) is 4.03. The van der Waals surface area contributed by atoms with Gasteiger partial charge in [0.25, 0.3) is 5.56 Å². The van der Waals surface area contributed by atoms with Crippen LogP contribution < -0.4 is 10.5 Å². The first-order valence-corrected chi connectivity index (χ1v) is 9.65. The minimum Gasteiger partial charge on any atom is -0.372 e. The molecule has 1 saturated heterocycles. The number of H-pyrrole nitrogens is 1. The van der Waals surface area contributed by atoms with Gasteiger partial charge in [-0.1, -0.05) is 6.07 Å². The number of fused-ring (bicyclic) bond motifs is 1. The van der Waals surface area contributed by atoms with E-state index in [9.17, 15) is 4.79 Å². The number of morpholine rings is 1. The topological polar surface area (TPSA) is 74.3 Å². The highest BCUT2D eigenvalue weighted by atomic mass is 16.5. The van der Waals surface area contributed by atoms with Gasteiger partial charge in [0.05, 0.1) is 23.6 Å². The summed E-state index contributed by atoms with van der Waals surface area (Å²) in [6.45, 7) is 9.89. The number of aromatic amines is 1. The molecule has 7 heteroatoms. The van der Waals surface area contributed by atoms with Crippen LogP contribution in [0.25, 0.3) is 0 Å².